The first-order valence-corrected chi connectivity index (χ1v) is 10.3. The summed E-state index contributed by atoms with van der Waals surface area (Å²) < 4.78 is 10.5. The maximum atomic E-state index is 12.6. The molecule has 0 saturated heterocycles. The van der Waals surface area contributed by atoms with Gasteiger partial charge in [0.05, 0.1) is 12.5 Å². The van der Waals surface area contributed by atoms with E-state index in [0.717, 1.165) is 11.1 Å². The number of hydrogen-bond donors (Lipinski definition) is 2. The largest absolute Gasteiger partial charge is 0.462 e. The Labute approximate surface area is 188 Å². The average Bonchev–Trinajstić information content (AvgIpc) is 2.75. The van der Waals surface area contributed by atoms with E-state index in [-0.39, 0.29) is 13.2 Å². The minimum atomic E-state index is -1.20. The highest BCUT2D eigenvalue weighted by atomic mass is 16.7. The number of carbonyl (C=O) groups is 3. The predicted octanol–water partition coefficient (Wildman–Crippen LogP) is 3.47. The standard InChI is InChI=1S/C24H30N2O6/c1-17(19-13-9-6-10-14-19)22(28)30-16-20(25-23(29)32-24(2,3)4)21(27)26-31-15-18-11-7-5-8-12-18/h5-14,17,20H,15-16H2,1-4H3,(H,25,29)(H,26,27)/t17-,20-/m0/s1. The van der Waals surface area contributed by atoms with E-state index in [0.29, 0.717) is 0 Å². The number of carbonyl (C=O) groups excluding carboxylic acids is 3. The number of hydrogen-bond acceptors (Lipinski definition) is 6. The van der Waals surface area contributed by atoms with Crippen molar-refractivity contribution in [1.82, 2.24) is 10.8 Å². The van der Waals surface area contributed by atoms with Crippen molar-refractivity contribution in [3.8, 4) is 0 Å². The molecule has 0 heterocycles. The SMILES string of the molecule is C[C@H](C(=O)OC[C@H](NC(=O)OC(C)(C)C)C(=O)NOCc1ccccc1)c1ccccc1. The Bertz CT molecular complexity index is 880. The molecule has 0 aromatic heterocycles. The van der Waals surface area contributed by atoms with Gasteiger partial charge in [-0.3, -0.25) is 14.4 Å². The Hall–Kier alpha value is -3.39. The summed E-state index contributed by atoms with van der Waals surface area (Å²) >= 11 is 0. The van der Waals surface area contributed by atoms with Gasteiger partial charge < -0.3 is 14.8 Å². The Morgan fingerprint density at radius 1 is 0.938 bits per heavy atom. The van der Waals surface area contributed by atoms with Crippen LogP contribution in [0.1, 0.15) is 44.7 Å². The summed E-state index contributed by atoms with van der Waals surface area (Å²) in [6.07, 6.45) is -0.812. The van der Waals surface area contributed by atoms with Gasteiger partial charge in [-0.25, -0.2) is 10.3 Å². The smallest absolute Gasteiger partial charge is 0.408 e. The van der Waals surface area contributed by atoms with Crippen molar-refractivity contribution < 1.29 is 28.7 Å². The fourth-order valence-electron chi connectivity index (χ4n) is 2.64. The summed E-state index contributed by atoms with van der Waals surface area (Å²) in [6, 6.07) is 17.2. The highest BCUT2D eigenvalue weighted by molar-refractivity contribution is 5.85. The van der Waals surface area contributed by atoms with Crippen molar-refractivity contribution in [1.29, 1.82) is 0 Å². The van der Waals surface area contributed by atoms with Gasteiger partial charge in [-0.1, -0.05) is 60.7 Å². The molecule has 172 valence electrons. The molecule has 8 heteroatoms. The molecule has 2 aromatic rings. The molecule has 0 fully saturated rings. The van der Waals surface area contributed by atoms with Gasteiger partial charge in [0.25, 0.3) is 5.91 Å². The molecule has 2 N–H and O–H groups in total. The van der Waals surface area contributed by atoms with Crippen molar-refractivity contribution in [3.05, 3.63) is 71.8 Å². The van der Waals surface area contributed by atoms with Crippen LogP contribution in [0.3, 0.4) is 0 Å². The summed E-state index contributed by atoms with van der Waals surface area (Å²) in [5, 5.41) is 2.43. The lowest BCUT2D eigenvalue weighted by molar-refractivity contribution is -0.148. The number of hydroxylamine groups is 1. The highest BCUT2D eigenvalue weighted by Gasteiger charge is 2.27. The van der Waals surface area contributed by atoms with Gasteiger partial charge in [-0.15, -0.1) is 0 Å². The van der Waals surface area contributed by atoms with Crippen molar-refractivity contribution in [2.75, 3.05) is 6.61 Å². The van der Waals surface area contributed by atoms with E-state index in [1.54, 1.807) is 27.7 Å². The van der Waals surface area contributed by atoms with E-state index in [9.17, 15) is 14.4 Å². The molecule has 2 amide bonds. The van der Waals surface area contributed by atoms with Gasteiger partial charge in [0.1, 0.15) is 18.2 Å². The molecule has 32 heavy (non-hydrogen) atoms. The molecule has 8 nitrogen and oxygen atoms in total. The first-order chi connectivity index (χ1) is 15.2. The van der Waals surface area contributed by atoms with Gasteiger partial charge >= 0.3 is 12.1 Å². The Morgan fingerprint density at radius 3 is 2.12 bits per heavy atom. The van der Waals surface area contributed by atoms with Crippen LogP contribution in [-0.2, 0) is 30.5 Å². The summed E-state index contributed by atoms with van der Waals surface area (Å²) in [5.41, 5.74) is 3.16. The minimum absolute atomic E-state index is 0.135. The number of amides is 2. The second kappa shape index (κ2) is 11.9. The maximum absolute atomic E-state index is 12.6. The Balaban J connectivity index is 1.96. The van der Waals surface area contributed by atoms with Crippen LogP contribution >= 0.6 is 0 Å². The minimum Gasteiger partial charge on any atom is -0.462 e. The lowest BCUT2D eigenvalue weighted by Gasteiger charge is -2.23. The molecule has 0 aliphatic carbocycles. The van der Waals surface area contributed by atoms with Gasteiger partial charge in [-0.2, -0.15) is 0 Å². The van der Waals surface area contributed by atoms with Crippen LogP contribution in [0.2, 0.25) is 0 Å². The first-order valence-electron chi connectivity index (χ1n) is 10.3. The predicted molar refractivity (Wildman–Crippen MR) is 118 cm³/mol. The van der Waals surface area contributed by atoms with Crippen LogP contribution in [0.5, 0.6) is 0 Å². The fraction of sp³-hybridized carbons (Fsp3) is 0.375. The molecule has 0 unspecified atom stereocenters. The molecule has 2 rings (SSSR count). The van der Waals surface area contributed by atoms with E-state index in [4.69, 9.17) is 14.3 Å². The number of ether oxygens (including phenoxy) is 2. The van der Waals surface area contributed by atoms with Gasteiger partial charge in [0.15, 0.2) is 0 Å². The Morgan fingerprint density at radius 2 is 1.53 bits per heavy atom. The van der Waals surface area contributed by atoms with Crippen LogP contribution in [0.4, 0.5) is 4.79 Å². The third-order valence-electron chi connectivity index (χ3n) is 4.31. The van der Waals surface area contributed by atoms with Crippen LogP contribution in [0.25, 0.3) is 0 Å². The van der Waals surface area contributed by atoms with Crippen LogP contribution in [-0.4, -0.2) is 36.2 Å². The van der Waals surface area contributed by atoms with Crippen molar-refractivity contribution >= 4 is 18.0 Å². The number of esters is 1. The average molecular weight is 443 g/mol. The number of alkyl carbamates (subject to hydrolysis) is 1. The third-order valence-corrected chi connectivity index (χ3v) is 4.31. The summed E-state index contributed by atoms with van der Waals surface area (Å²) in [5.74, 6) is -1.73. The molecule has 0 spiro atoms. The highest BCUT2D eigenvalue weighted by Crippen LogP contribution is 2.16. The molecule has 2 aromatic carbocycles. The second-order valence-electron chi connectivity index (χ2n) is 8.20. The topological polar surface area (TPSA) is 103 Å². The van der Waals surface area contributed by atoms with Crippen molar-refractivity contribution in [2.24, 2.45) is 0 Å². The summed E-state index contributed by atoms with van der Waals surface area (Å²) in [4.78, 5) is 42.5. The van der Waals surface area contributed by atoms with Crippen LogP contribution in [0, 0.1) is 0 Å². The zero-order valence-corrected chi connectivity index (χ0v) is 18.8. The maximum Gasteiger partial charge on any atom is 0.408 e. The molecular weight excluding hydrogens is 412 g/mol. The zero-order chi connectivity index (χ0) is 23.6. The van der Waals surface area contributed by atoms with Crippen LogP contribution < -0.4 is 10.8 Å². The number of benzene rings is 2. The molecule has 0 bridgehead atoms. The molecule has 2 atom stereocenters. The second-order valence-corrected chi connectivity index (χ2v) is 8.20. The number of rotatable bonds is 9. The molecule has 0 aliphatic rings. The molecule has 0 aliphatic heterocycles. The lowest BCUT2D eigenvalue weighted by Crippen LogP contribution is -2.50. The van der Waals surface area contributed by atoms with E-state index >= 15 is 0 Å². The van der Waals surface area contributed by atoms with Gasteiger partial charge in [0.2, 0.25) is 0 Å². The van der Waals surface area contributed by atoms with E-state index in [1.165, 1.54) is 0 Å². The molecular formula is C24H30N2O6. The normalized spacial score (nSPS) is 12.9. The first kappa shape index (κ1) is 24.9. The van der Waals surface area contributed by atoms with Crippen molar-refractivity contribution in [2.45, 2.75) is 51.9 Å². The zero-order valence-electron chi connectivity index (χ0n) is 18.8. The monoisotopic (exact) mass is 442 g/mol. The molecule has 0 radical (unpaired) electrons. The lowest BCUT2D eigenvalue weighted by atomic mass is 10.0. The third kappa shape index (κ3) is 8.77. The van der Waals surface area contributed by atoms with Crippen LogP contribution in [0.15, 0.2) is 60.7 Å². The quantitative estimate of drug-likeness (QED) is 0.455. The van der Waals surface area contributed by atoms with E-state index < -0.39 is 35.5 Å². The van der Waals surface area contributed by atoms with Gasteiger partial charge in [0, 0.05) is 0 Å². The van der Waals surface area contributed by atoms with E-state index in [2.05, 4.69) is 10.8 Å². The summed E-state index contributed by atoms with van der Waals surface area (Å²) in [6.45, 7) is 6.56. The Kier molecular flexibility index (Phi) is 9.22. The van der Waals surface area contributed by atoms with Gasteiger partial charge in [-0.05, 0) is 38.8 Å². The molecule has 0 saturated carbocycles. The van der Waals surface area contributed by atoms with Crippen molar-refractivity contribution in [3.63, 3.8) is 0 Å². The van der Waals surface area contributed by atoms with E-state index in [1.807, 2.05) is 60.7 Å². The summed E-state index contributed by atoms with van der Waals surface area (Å²) in [7, 11) is 0. The number of nitrogens with one attached hydrogen (secondary N) is 2. The fourth-order valence-corrected chi connectivity index (χ4v) is 2.64.